The van der Waals surface area contributed by atoms with Crippen LogP contribution in [0.3, 0.4) is 0 Å². The summed E-state index contributed by atoms with van der Waals surface area (Å²) in [6.07, 6.45) is 0. The highest BCUT2D eigenvalue weighted by atomic mass is 19.1. The van der Waals surface area contributed by atoms with Crippen LogP contribution in [0, 0.1) is 5.82 Å². The van der Waals surface area contributed by atoms with Crippen molar-refractivity contribution in [2.75, 3.05) is 7.11 Å². The molecule has 1 N–H and O–H groups in total. The highest BCUT2D eigenvalue weighted by Crippen LogP contribution is 2.27. The topological polar surface area (TPSA) is 46.5 Å². The molecular formula is C16H15FO3. The summed E-state index contributed by atoms with van der Waals surface area (Å²) in [5.74, 6) is -1.20. The summed E-state index contributed by atoms with van der Waals surface area (Å²) in [5.41, 5.74) is 1.65. The molecule has 0 saturated heterocycles. The molecule has 0 aliphatic carbocycles. The first kappa shape index (κ1) is 14.1. The standard InChI is InChI=1S/C16H15FO3/c1-10(16(19)20-2)12-5-8-14(15(17)9-12)11-3-6-13(18)7-4-11/h3-10,18H,1-2H3. The molecule has 0 bridgehead atoms. The number of halogens is 1. The maximum absolute atomic E-state index is 14.1. The van der Waals surface area contributed by atoms with Crippen LogP contribution < -0.4 is 0 Å². The van der Waals surface area contributed by atoms with Crippen molar-refractivity contribution < 1.29 is 19.0 Å². The average Bonchev–Trinajstić information content (AvgIpc) is 2.46. The largest absolute Gasteiger partial charge is 0.508 e. The third-order valence-electron chi connectivity index (χ3n) is 3.23. The fraction of sp³-hybridized carbons (Fsp3) is 0.188. The molecule has 1 atom stereocenters. The van der Waals surface area contributed by atoms with E-state index in [9.17, 15) is 14.3 Å². The van der Waals surface area contributed by atoms with E-state index in [1.807, 2.05) is 0 Å². The Morgan fingerprint density at radius 3 is 2.40 bits per heavy atom. The molecule has 0 aliphatic rings. The van der Waals surface area contributed by atoms with Gasteiger partial charge in [-0.3, -0.25) is 4.79 Å². The minimum Gasteiger partial charge on any atom is -0.508 e. The van der Waals surface area contributed by atoms with Gasteiger partial charge in [-0.2, -0.15) is 0 Å². The number of ether oxygens (including phenoxy) is 1. The smallest absolute Gasteiger partial charge is 0.312 e. The quantitative estimate of drug-likeness (QED) is 0.872. The fourth-order valence-electron chi connectivity index (χ4n) is 1.99. The van der Waals surface area contributed by atoms with Crippen molar-refractivity contribution in [1.29, 1.82) is 0 Å². The lowest BCUT2D eigenvalue weighted by atomic mass is 9.97. The summed E-state index contributed by atoms with van der Waals surface area (Å²) in [6, 6.07) is 10.9. The summed E-state index contributed by atoms with van der Waals surface area (Å²) in [5, 5.41) is 9.23. The molecule has 1 unspecified atom stereocenters. The Balaban J connectivity index is 2.35. The average molecular weight is 274 g/mol. The van der Waals surface area contributed by atoms with Gasteiger partial charge in [0, 0.05) is 5.56 Å². The van der Waals surface area contributed by atoms with Crippen molar-refractivity contribution in [1.82, 2.24) is 0 Å². The van der Waals surface area contributed by atoms with Gasteiger partial charge in [-0.05, 0) is 36.2 Å². The van der Waals surface area contributed by atoms with Gasteiger partial charge in [0.15, 0.2) is 0 Å². The number of hydrogen-bond acceptors (Lipinski definition) is 3. The van der Waals surface area contributed by atoms with E-state index in [0.717, 1.165) is 0 Å². The molecule has 2 aromatic rings. The van der Waals surface area contributed by atoms with E-state index in [2.05, 4.69) is 4.74 Å². The van der Waals surface area contributed by atoms with E-state index < -0.39 is 17.7 Å². The molecule has 0 saturated carbocycles. The molecule has 0 fully saturated rings. The minimum atomic E-state index is -0.511. The maximum atomic E-state index is 14.1. The third kappa shape index (κ3) is 2.79. The number of carbonyl (C=O) groups is 1. The van der Waals surface area contributed by atoms with Crippen molar-refractivity contribution in [3.63, 3.8) is 0 Å². The second-order valence-corrected chi connectivity index (χ2v) is 4.53. The van der Waals surface area contributed by atoms with Gasteiger partial charge in [-0.15, -0.1) is 0 Å². The van der Waals surface area contributed by atoms with Crippen molar-refractivity contribution in [2.45, 2.75) is 12.8 Å². The molecule has 0 radical (unpaired) electrons. The predicted octanol–water partition coefficient (Wildman–Crippen LogP) is 3.47. The van der Waals surface area contributed by atoms with Crippen LogP contribution in [0.5, 0.6) is 5.75 Å². The third-order valence-corrected chi connectivity index (χ3v) is 3.23. The first-order valence-electron chi connectivity index (χ1n) is 6.19. The zero-order valence-electron chi connectivity index (χ0n) is 11.3. The van der Waals surface area contributed by atoms with E-state index in [0.29, 0.717) is 16.7 Å². The molecule has 3 nitrogen and oxygen atoms in total. The molecule has 0 aromatic heterocycles. The molecular weight excluding hydrogens is 259 g/mol. The Hall–Kier alpha value is -2.36. The lowest BCUT2D eigenvalue weighted by Gasteiger charge is -2.11. The Bertz CT molecular complexity index is 620. The van der Waals surface area contributed by atoms with Crippen LogP contribution >= 0.6 is 0 Å². The monoisotopic (exact) mass is 274 g/mol. The summed E-state index contributed by atoms with van der Waals surface area (Å²) in [6.45, 7) is 1.67. The summed E-state index contributed by atoms with van der Waals surface area (Å²) in [4.78, 5) is 11.4. The van der Waals surface area contributed by atoms with Crippen molar-refractivity contribution >= 4 is 5.97 Å². The number of methoxy groups -OCH3 is 1. The fourth-order valence-corrected chi connectivity index (χ4v) is 1.99. The van der Waals surface area contributed by atoms with Crippen LogP contribution in [0.4, 0.5) is 4.39 Å². The van der Waals surface area contributed by atoms with E-state index >= 15 is 0 Å². The predicted molar refractivity (Wildman–Crippen MR) is 73.9 cm³/mol. The van der Waals surface area contributed by atoms with Crippen LogP contribution in [0.2, 0.25) is 0 Å². The number of rotatable bonds is 3. The molecule has 104 valence electrons. The van der Waals surface area contributed by atoms with E-state index in [4.69, 9.17) is 0 Å². The van der Waals surface area contributed by atoms with Crippen molar-refractivity contribution in [3.05, 3.63) is 53.8 Å². The van der Waals surface area contributed by atoms with Crippen LogP contribution in [0.1, 0.15) is 18.4 Å². The van der Waals surface area contributed by atoms with Crippen LogP contribution in [0.15, 0.2) is 42.5 Å². The van der Waals surface area contributed by atoms with E-state index in [1.54, 1.807) is 31.2 Å². The molecule has 20 heavy (non-hydrogen) atoms. The van der Waals surface area contributed by atoms with E-state index in [1.165, 1.54) is 25.3 Å². The Labute approximate surface area is 116 Å². The zero-order valence-corrected chi connectivity index (χ0v) is 11.3. The Morgan fingerprint density at radius 2 is 1.85 bits per heavy atom. The highest BCUT2D eigenvalue weighted by Gasteiger charge is 2.17. The number of benzene rings is 2. The lowest BCUT2D eigenvalue weighted by molar-refractivity contribution is -0.141. The van der Waals surface area contributed by atoms with Gasteiger partial charge in [0.1, 0.15) is 11.6 Å². The van der Waals surface area contributed by atoms with Crippen LogP contribution in [0.25, 0.3) is 11.1 Å². The molecule has 0 aliphatic heterocycles. The first-order chi connectivity index (χ1) is 9.52. The van der Waals surface area contributed by atoms with E-state index in [-0.39, 0.29) is 5.75 Å². The van der Waals surface area contributed by atoms with Gasteiger partial charge in [0.05, 0.1) is 13.0 Å². The lowest BCUT2D eigenvalue weighted by Crippen LogP contribution is -2.11. The normalized spacial score (nSPS) is 11.9. The van der Waals surface area contributed by atoms with Crippen molar-refractivity contribution in [3.8, 4) is 16.9 Å². The maximum Gasteiger partial charge on any atom is 0.312 e. The molecule has 2 rings (SSSR count). The van der Waals surface area contributed by atoms with Crippen LogP contribution in [-0.4, -0.2) is 18.2 Å². The minimum absolute atomic E-state index is 0.130. The number of esters is 1. The molecule has 2 aromatic carbocycles. The summed E-state index contributed by atoms with van der Waals surface area (Å²) < 4.78 is 18.8. The summed E-state index contributed by atoms with van der Waals surface area (Å²) in [7, 11) is 1.31. The molecule has 0 amide bonds. The molecule has 4 heteroatoms. The van der Waals surface area contributed by atoms with Gasteiger partial charge in [-0.1, -0.05) is 24.3 Å². The number of phenolic OH excluding ortho intramolecular Hbond substituents is 1. The van der Waals surface area contributed by atoms with Crippen LogP contribution in [-0.2, 0) is 9.53 Å². The van der Waals surface area contributed by atoms with Crippen molar-refractivity contribution in [2.24, 2.45) is 0 Å². The summed E-state index contributed by atoms with van der Waals surface area (Å²) >= 11 is 0. The molecule has 0 spiro atoms. The number of hydrogen-bond donors (Lipinski definition) is 1. The van der Waals surface area contributed by atoms with Gasteiger partial charge in [-0.25, -0.2) is 4.39 Å². The second kappa shape index (κ2) is 5.74. The first-order valence-corrected chi connectivity index (χ1v) is 6.19. The van der Waals surface area contributed by atoms with Gasteiger partial charge in [0.25, 0.3) is 0 Å². The Kier molecular flexibility index (Phi) is 4.03. The van der Waals surface area contributed by atoms with Gasteiger partial charge >= 0.3 is 5.97 Å². The second-order valence-electron chi connectivity index (χ2n) is 4.53. The Morgan fingerprint density at radius 1 is 1.20 bits per heavy atom. The molecule has 0 heterocycles. The SMILES string of the molecule is COC(=O)C(C)c1ccc(-c2ccc(O)cc2)c(F)c1. The number of phenols is 1. The highest BCUT2D eigenvalue weighted by molar-refractivity contribution is 5.78. The van der Waals surface area contributed by atoms with Gasteiger partial charge < -0.3 is 9.84 Å². The number of aromatic hydroxyl groups is 1. The number of carbonyl (C=O) groups excluding carboxylic acids is 1. The van der Waals surface area contributed by atoms with Gasteiger partial charge in [0.2, 0.25) is 0 Å². The zero-order chi connectivity index (χ0) is 14.7.